The molecular weight excluding hydrogens is 488 g/mol. The number of nitrogens with one attached hydrogen (secondary N) is 3. The summed E-state index contributed by atoms with van der Waals surface area (Å²) in [7, 11) is -3.42. The molecule has 37 heavy (non-hydrogen) atoms. The molecule has 0 radical (unpaired) electrons. The Balaban J connectivity index is 1.83. The molecule has 1 aliphatic rings. The number of aliphatic hydroxyl groups is 1. The van der Waals surface area contributed by atoms with Crippen molar-refractivity contribution in [1.29, 1.82) is 0 Å². The smallest absolute Gasteiger partial charge is 0.251 e. The topological polar surface area (TPSA) is 111 Å². The van der Waals surface area contributed by atoms with Gasteiger partial charge in [0.2, 0.25) is 10.0 Å². The number of aliphatic hydroxyl groups excluding tert-OH is 1. The molecule has 1 fully saturated rings. The second kappa shape index (κ2) is 12.2. The zero-order valence-electron chi connectivity index (χ0n) is 22.7. The maximum absolute atomic E-state index is 13.4. The number of sulfonamides is 1. The molecule has 0 unspecified atom stereocenters. The summed E-state index contributed by atoms with van der Waals surface area (Å²) in [6, 6.07) is 12.6. The Bertz CT molecular complexity index is 1180. The highest BCUT2D eigenvalue weighted by Gasteiger charge is 2.28. The van der Waals surface area contributed by atoms with Crippen LogP contribution >= 0.6 is 0 Å². The molecule has 2 atom stereocenters. The Morgan fingerprint density at radius 2 is 1.86 bits per heavy atom. The highest BCUT2D eigenvalue weighted by atomic mass is 32.2. The first-order chi connectivity index (χ1) is 17.4. The molecule has 4 N–H and O–H groups in total. The molecular formula is C28H42N4O4S. The quantitative estimate of drug-likeness (QED) is 0.343. The summed E-state index contributed by atoms with van der Waals surface area (Å²) in [6.45, 7) is 11.0. The lowest BCUT2D eigenvalue weighted by Gasteiger charge is -2.29. The van der Waals surface area contributed by atoms with Crippen LogP contribution in [0.15, 0.2) is 42.5 Å². The van der Waals surface area contributed by atoms with Crippen molar-refractivity contribution >= 4 is 33.0 Å². The van der Waals surface area contributed by atoms with Crippen LogP contribution in [-0.2, 0) is 16.4 Å². The average Bonchev–Trinajstić information content (AvgIpc) is 2.83. The van der Waals surface area contributed by atoms with Crippen molar-refractivity contribution < 1.29 is 18.3 Å². The SMILES string of the molecule is CCNc1cc(C(=O)N[C@@H](Cc2cccc(NC(C)(C)CC)c2)[C@@H](C)O)cc(N2CCCCS2(=O)=O)c1. The molecule has 0 saturated carbocycles. The minimum absolute atomic E-state index is 0.0480. The van der Waals surface area contributed by atoms with Crippen molar-refractivity contribution in [3.8, 4) is 0 Å². The van der Waals surface area contributed by atoms with E-state index in [1.807, 2.05) is 31.2 Å². The number of hydrogen-bond donors (Lipinski definition) is 4. The number of carbonyl (C=O) groups is 1. The molecule has 1 amide bonds. The fourth-order valence-corrected chi connectivity index (χ4v) is 6.00. The molecule has 0 bridgehead atoms. The number of amides is 1. The summed E-state index contributed by atoms with van der Waals surface area (Å²) < 4.78 is 26.8. The Hall–Kier alpha value is -2.78. The second-order valence-electron chi connectivity index (χ2n) is 10.5. The van der Waals surface area contributed by atoms with Gasteiger partial charge in [-0.25, -0.2) is 8.42 Å². The van der Waals surface area contributed by atoms with Gasteiger partial charge in [0.25, 0.3) is 5.91 Å². The van der Waals surface area contributed by atoms with E-state index in [0.717, 1.165) is 24.1 Å². The molecule has 2 aromatic rings. The molecule has 2 aromatic carbocycles. The van der Waals surface area contributed by atoms with Crippen LogP contribution in [0.1, 0.15) is 69.8 Å². The number of carbonyl (C=O) groups excluding carboxylic acids is 1. The third kappa shape index (κ3) is 7.85. The van der Waals surface area contributed by atoms with E-state index in [1.54, 1.807) is 25.1 Å². The van der Waals surface area contributed by atoms with Crippen LogP contribution in [0.3, 0.4) is 0 Å². The van der Waals surface area contributed by atoms with Crippen molar-refractivity contribution in [1.82, 2.24) is 5.32 Å². The fourth-order valence-electron chi connectivity index (χ4n) is 4.37. The Labute approximate surface area is 221 Å². The maximum atomic E-state index is 13.4. The van der Waals surface area contributed by atoms with Gasteiger partial charge in [0.05, 0.1) is 23.6 Å². The third-order valence-corrected chi connectivity index (χ3v) is 8.72. The van der Waals surface area contributed by atoms with E-state index >= 15 is 0 Å². The second-order valence-corrected chi connectivity index (χ2v) is 12.5. The highest BCUT2D eigenvalue weighted by Crippen LogP contribution is 2.28. The molecule has 1 aliphatic heterocycles. The lowest BCUT2D eigenvalue weighted by molar-refractivity contribution is 0.0859. The van der Waals surface area contributed by atoms with Crippen molar-refractivity contribution in [2.75, 3.05) is 33.8 Å². The van der Waals surface area contributed by atoms with E-state index in [9.17, 15) is 18.3 Å². The van der Waals surface area contributed by atoms with Gasteiger partial charge in [-0.2, -0.15) is 0 Å². The van der Waals surface area contributed by atoms with Gasteiger partial charge in [-0.05, 0) is 89.3 Å². The van der Waals surface area contributed by atoms with Gasteiger partial charge >= 0.3 is 0 Å². The van der Waals surface area contributed by atoms with E-state index in [0.29, 0.717) is 42.9 Å². The molecule has 9 heteroatoms. The van der Waals surface area contributed by atoms with Gasteiger partial charge in [-0.1, -0.05) is 19.1 Å². The van der Waals surface area contributed by atoms with Gasteiger partial charge in [0.15, 0.2) is 0 Å². The summed E-state index contributed by atoms with van der Waals surface area (Å²) in [4.78, 5) is 13.4. The van der Waals surface area contributed by atoms with E-state index < -0.39 is 22.2 Å². The summed E-state index contributed by atoms with van der Waals surface area (Å²) in [5, 5.41) is 20.2. The summed E-state index contributed by atoms with van der Waals surface area (Å²) in [6.07, 6.45) is 2.05. The Morgan fingerprint density at radius 3 is 2.51 bits per heavy atom. The average molecular weight is 531 g/mol. The predicted molar refractivity (Wildman–Crippen MR) is 152 cm³/mol. The van der Waals surface area contributed by atoms with E-state index in [-0.39, 0.29) is 17.2 Å². The number of nitrogens with zero attached hydrogens (tertiary/aromatic N) is 1. The van der Waals surface area contributed by atoms with Crippen LogP contribution < -0.4 is 20.3 Å². The zero-order valence-corrected chi connectivity index (χ0v) is 23.5. The molecule has 3 rings (SSSR count). The highest BCUT2D eigenvalue weighted by molar-refractivity contribution is 7.92. The minimum atomic E-state index is -3.42. The van der Waals surface area contributed by atoms with Crippen LogP contribution in [0.5, 0.6) is 0 Å². The van der Waals surface area contributed by atoms with Crippen molar-refractivity contribution in [3.05, 3.63) is 53.6 Å². The predicted octanol–water partition coefficient (Wildman–Crippen LogP) is 4.37. The standard InChI is InChI=1S/C28H42N4O4S/c1-6-28(4,5)31-23-12-10-11-21(15-23)16-26(20(3)33)30-27(34)22-17-24(29-7-2)19-25(18-22)32-13-8-9-14-37(32,35)36/h10-12,15,17-20,26,29,31,33H,6-9,13-14,16H2,1-5H3,(H,30,34)/t20-,26+/m1/s1. The van der Waals surface area contributed by atoms with Gasteiger partial charge < -0.3 is 21.1 Å². The first-order valence-electron chi connectivity index (χ1n) is 13.2. The lowest BCUT2D eigenvalue weighted by atomic mass is 9.99. The van der Waals surface area contributed by atoms with Gasteiger partial charge in [0.1, 0.15) is 0 Å². The number of anilines is 3. The molecule has 204 valence electrons. The molecule has 0 aliphatic carbocycles. The van der Waals surface area contributed by atoms with E-state index in [4.69, 9.17) is 0 Å². The monoisotopic (exact) mass is 530 g/mol. The Kier molecular flexibility index (Phi) is 9.47. The lowest BCUT2D eigenvalue weighted by Crippen LogP contribution is -2.43. The Morgan fingerprint density at radius 1 is 1.11 bits per heavy atom. The van der Waals surface area contributed by atoms with Gasteiger partial charge in [-0.3, -0.25) is 9.10 Å². The van der Waals surface area contributed by atoms with Crippen LogP contribution in [0.25, 0.3) is 0 Å². The first-order valence-corrected chi connectivity index (χ1v) is 14.8. The number of hydrogen-bond acceptors (Lipinski definition) is 6. The van der Waals surface area contributed by atoms with Gasteiger partial charge in [-0.15, -0.1) is 0 Å². The van der Waals surface area contributed by atoms with Crippen LogP contribution in [0.4, 0.5) is 17.1 Å². The fraction of sp³-hybridized carbons (Fsp3) is 0.536. The molecule has 8 nitrogen and oxygen atoms in total. The summed E-state index contributed by atoms with van der Waals surface area (Å²) >= 11 is 0. The van der Waals surface area contributed by atoms with Crippen molar-refractivity contribution in [2.24, 2.45) is 0 Å². The number of rotatable bonds is 11. The first kappa shape index (κ1) is 28.8. The zero-order chi connectivity index (χ0) is 27.2. The van der Waals surface area contributed by atoms with Crippen LogP contribution in [-0.4, -0.2) is 56.0 Å². The van der Waals surface area contributed by atoms with Gasteiger partial charge in [0, 0.05) is 35.6 Å². The third-order valence-electron chi connectivity index (χ3n) is 6.85. The summed E-state index contributed by atoms with van der Waals surface area (Å²) in [5.41, 5.74) is 3.44. The largest absolute Gasteiger partial charge is 0.391 e. The maximum Gasteiger partial charge on any atom is 0.251 e. The molecule has 0 spiro atoms. The van der Waals surface area contributed by atoms with Crippen molar-refractivity contribution in [3.63, 3.8) is 0 Å². The molecule has 1 saturated heterocycles. The summed E-state index contributed by atoms with van der Waals surface area (Å²) in [5.74, 6) is -0.254. The molecule has 1 heterocycles. The van der Waals surface area contributed by atoms with E-state index in [1.165, 1.54) is 4.31 Å². The van der Waals surface area contributed by atoms with Crippen LogP contribution in [0, 0.1) is 0 Å². The minimum Gasteiger partial charge on any atom is -0.391 e. The number of benzene rings is 2. The van der Waals surface area contributed by atoms with E-state index in [2.05, 4.69) is 36.7 Å². The molecule has 0 aromatic heterocycles. The van der Waals surface area contributed by atoms with Crippen LogP contribution in [0.2, 0.25) is 0 Å². The normalized spacial score (nSPS) is 17.1. The van der Waals surface area contributed by atoms with Crippen molar-refractivity contribution in [2.45, 2.75) is 78.0 Å².